The van der Waals surface area contributed by atoms with Crippen LogP contribution in [0, 0.1) is 0 Å². The summed E-state index contributed by atoms with van der Waals surface area (Å²) in [6, 6.07) is 6.17. The Morgan fingerprint density at radius 3 is 2.72 bits per heavy atom. The second-order valence-corrected chi connectivity index (χ2v) is 4.40. The number of halogens is 1. The minimum Gasteiger partial charge on any atom is -0.495 e. The number of ether oxygens (including phenoxy) is 2. The molecule has 102 valence electrons. The first kappa shape index (κ1) is 15.3. The zero-order valence-electron chi connectivity index (χ0n) is 11.3. The molecule has 1 aromatic rings. The lowest BCUT2D eigenvalue weighted by Crippen LogP contribution is -2.22. The van der Waals surface area contributed by atoms with Crippen LogP contribution in [-0.4, -0.2) is 26.9 Å². The molecule has 1 rings (SSSR count). The molecule has 1 N–H and O–H groups in total. The average molecular weight is 272 g/mol. The van der Waals surface area contributed by atoms with Crippen molar-refractivity contribution in [1.82, 2.24) is 5.32 Å². The zero-order chi connectivity index (χ0) is 13.4. The fourth-order valence-electron chi connectivity index (χ4n) is 1.87. The van der Waals surface area contributed by atoms with Crippen LogP contribution in [0.4, 0.5) is 0 Å². The monoisotopic (exact) mass is 271 g/mol. The topological polar surface area (TPSA) is 30.5 Å². The molecule has 4 heteroatoms. The maximum absolute atomic E-state index is 6.03. The quantitative estimate of drug-likeness (QED) is 0.735. The summed E-state index contributed by atoms with van der Waals surface area (Å²) in [4.78, 5) is 0. The van der Waals surface area contributed by atoms with Gasteiger partial charge in [0.05, 0.1) is 12.1 Å². The summed E-state index contributed by atoms with van der Waals surface area (Å²) in [5.41, 5.74) is 1.18. The molecule has 0 saturated heterocycles. The van der Waals surface area contributed by atoms with E-state index in [1.54, 1.807) is 7.11 Å². The van der Waals surface area contributed by atoms with Crippen molar-refractivity contribution in [3.63, 3.8) is 0 Å². The Morgan fingerprint density at radius 1 is 1.33 bits per heavy atom. The molecule has 0 bridgehead atoms. The molecule has 0 aliphatic rings. The first-order valence-electron chi connectivity index (χ1n) is 6.37. The van der Waals surface area contributed by atoms with Crippen LogP contribution in [0.2, 0.25) is 5.02 Å². The summed E-state index contributed by atoms with van der Waals surface area (Å²) in [7, 11) is 1.63. The number of hydrogen-bond acceptors (Lipinski definition) is 3. The number of hydrogen-bond donors (Lipinski definition) is 1. The lowest BCUT2D eigenvalue weighted by Gasteiger charge is -2.19. The van der Waals surface area contributed by atoms with Gasteiger partial charge in [-0.25, -0.2) is 0 Å². The number of nitrogens with one attached hydrogen (secondary N) is 1. The van der Waals surface area contributed by atoms with E-state index >= 15 is 0 Å². The zero-order valence-corrected chi connectivity index (χ0v) is 12.1. The molecule has 0 aromatic heterocycles. The van der Waals surface area contributed by atoms with Gasteiger partial charge in [0.25, 0.3) is 0 Å². The second kappa shape index (κ2) is 8.35. The van der Waals surface area contributed by atoms with Gasteiger partial charge in [-0.3, -0.25) is 0 Å². The summed E-state index contributed by atoms with van der Waals surface area (Å²) in [5, 5.41) is 4.09. The molecular formula is C14H22ClNO2. The normalized spacial score (nSPS) is 12.4. The highest BCUT2D eigenvalue weighted by atomic mass is 35.5. The Morgan fingerprint density at radius 2 is 2.11 bits per heavy atom. The fourth-order valence-corrected chi connectivity index (χ4v) is 2.07. The van der Waals surface area contributed by atoms with Crippen LogP contribution in [0.1, 0.15) is 31.9 Å². The van der Waals surface area contributed by atoms with Crippen LogP contribution in [0.5, 0.6) is 5.75 Å². The summed E-state index contributed by atoms with van der Waals surface area (Å²) < 4.78 is 10.7. The van der Waals surface area contributed by atoms with Crippen molar-refractivity contribution in [3.8, 4) is 5.75 Å². The van der Waals surface area contributed by atoms with Crippen LogP contribution >= 0.6 is 11.6 Å². The summed E-state index contributed by atoms with van der Waals surface area (Å²) in [6.45, 7) is 6.53. The molecule has 18 heavy (non-hydrogen) atoms. The predicted molar refractivity (Wildman–Crippen MR) is 75.5 cm³/mol. The number of methoxy groups -OCH3 is 1. The Bertz CT molecular complexity index is 358. The van der Waals surface area contributed by atoms with Gasteiger partial charge >= 0.3 is 0 Å². The summed E-state index contributed by atoms with van der Waals surface area (Å²) in [6.07, 6.45) is 0.937. The largest absolute Gasteiger partial charge is 0.495 e. The van der Waals surface area contributed by atoms with Crippen molar-refractivity contribution >= 4 is 11.6 Å². The summed E-state index contributed by atoms with van der Waals surface area (Å²) >= 11 is 6.03. The molecule has 0 saturated carbocycles. The van der Waals surface area contributed by atoms with Gasteiger partial charge in [-0.2, -0.15) is 0 Å². The third-order valence-electron chi connectivity index (χ3n) is 2.78. The molecule has 0 aliphatic carbocycles. The van der Waals surface area contributed by atoms with E-state index in [0.29, 0.717) is 10.8 Å². The smallest absolute Gasteiger partial charge is 0.137 e. The lowest BCUT2D eigenvalue weighted by molar-refractivity contribution is 0.136. The molecule has 1 atom stereocenters. The average Bonchev–Trinajstić information content (AvgIpc) is 2.39. The predicted octanol–water partition coefficient (Wildman–Crippen LogP) is 3.43. The van der Waals surface area contributed by atoms with E-state index in [4.69, 9.17) is 21.1 Å². The highest BCUT2D eigenvalue weighted by Crippen LogP contribution is 2.28. The van der Waals surface area contributed by atoms with Gasteiger partial charge < -0.3 is 14.8 Å². The highest BCUT2D eigenvalue weighted by Gasteiger charge is 2.12. The van der Waals surface area contributed by atoms with Crippen molar-refractivity contribution < 1.29 is 9.47 Å². The van der Waals surface area contributed by atoms with Crippen LogP contribution in [0.15, 0.2) is 18.2 Å². The van der Waals surface area contributed by atoms with Crippen LogP contribution in [-0.2, 0) is 4.74 Å². The van der Waals surface area contributed by atoms with Crippen LogP contribution in [0.3, 0.4) is 0 Å². The van der Waals surface area contributed by atoms with Crippen molar-refractivity contribution in [2.45, 2.75) is 26.3 Å². The summed E-state index contributed by atoms with van der Waals surface area (Å²) in [5.74, 6) is 0.716. The van der Waals surface area contributed by atoms with E-state index in [0.717, 1.165) is 26.2 Å². The molecule has 0 spiro atoms. The molecule has 0 radical (unpaired) electrons. The van der Waals surface area contributed by atoms with Crippen molar-refractivity contribution in [1.29, 1.82) is 0 Å². The van der Waals surface area contributed by atoms with Gasteiger partial charge in [0.15, 0.2) is 0 Å². The van der Waals surface area contributed by atoms with Crippen molar-refractivity contribution in [3.05, 3.63) is 28.8 Å². The van der Waals surface area contributed by atoms with Crippen LogP contribution in [0.25, 0.3) is 0 Å². The Labute approximate surface area is 114 Å². The molecular weight excluding hydrogens is 250 g/mol. The molecule has 0 fully saturated rings. The maximum atomic E-state index is 6.03. The molecule has 0 aliphatic heterocycles. The molecule has 1 aromatic carbocycles. The first-order chi connectivity index (χ1) is 8.72. The third-order valence-corrected chi connectivity index (χ3v) is 3.10. The molecule has 3 nitrogen and oxygen atoms in total. The van der Waals surface area contributed by atoms with E-state index in [1.165, 1.54) is 5.56 Å². The van der Waals surface area contributed by atoms with Gasteiger partial charge in [-0.1, -0.05) is 24.6 Å². The van der Waals surface area contributed by atoms with Crippen LogP contribution < -0.4 is 10.1 Å². The van der Waals surface area contributed by atoms with E-state index in [9.17, 15) is 0 Å². The minimum atomic E-state index is 0.271. The minimum absolute atomic E-state index is 0.271. The maximum Gasteiger partial charge on any atom is 0.137 e. The van der Waals surface area contributed by atoms with Crippen molar-refractivity contribution in [2.24, 2.45) is 0 Å². The van der Waals surface area contributed by atoms with E-state index in [2.05, 4.69) is 12.2 Å². The highest BCUT2D eigenvalue weighted by molar-refractivity contribution is 6.32. The Balaban J connectivity index is 2.77. The Kier molecular flexibility index (Phi) is 7.09. The van der Waals surface area contributed by atoms with E-state index in [-0.39, 0.29) is 6.04 Å². The second-order valence-electron chi connectivity index (χ2n) is 3.99. The Hall–Kier alpha value is -0.770. The van der Waals surface area contributed by atoms with Gasteiger partial charge in [-0.05, 0) is 37.6 Å². The van der Waals surface area contributed by atoms with Crippen molar-refractivity contribution in [2.75, 3.05) is 26.9 Å². The van der Waals surface area contributed by atoms with E-state index in [1.807, 2.05) is 25.1 Å². The SMILES string of the molecule is CCNC(CCOCC)c1ccc(Cl)c(OC)c1. The van der Waals surface area contributed by atoms with Gasteiger partial charge in [0.2, 0.25) is 0 Å². The molecule has 0 amide bonds. The number of rotatable bonds is 8. The van der Waals surface area contributed by atoms with Gasteiger partial charge in [0.1, 0.15) is 5.75 Å². The number of benzene rings is 1. The molecule has 1 unspecified atom stereocenters. The standard InChI is InChI=1S/C14H22ClNO2/c1-4-16-13(8-9-18-5-2)11-6-7-12(15)14(10-11)17-3/h6-7,10,13,16H,4-5,8-9H2,1-3H3. The third kappa shape index (κ3) is 4.48. The lowest BCUT2D eigenvalue weighted by atomic mass is 10.0. The van der Waals surface area contributed by atoms with E-state index < -0.39 is 0 Å². The first-order valence-corrected chi connectivity index (χ1v) is 6.75. The van der Waals surface area contributed by atoms with Gasteiger partial charge in [0, 0.05) is 19.3 Å². The van der Waals surface area contributed by atoms with Gasteiger partial charge in [-0.15, -0.1) is 0 Å². The fraction of sp³-hybridized carbons (Fsp3) is 0.571. The molecule has 0 heterocycles.